The monoisotopic (exact) mass is 257 g/mol. The number of fused-ring (bicyclic) bond motifs is 1. The smallest absolute Gasteiger partial charge is 0.0334 e. The first-order chi connectivity index (χ1) is 8.85. The van der Waals surface area contributed by atoms with Crippen molar-refractivity contribution in [1.82, 2.24) is 0 Å². The van der Waals surface area contributed by atoms with Crippen molar-refractivity contribution in [1.29, 1.82) is 0 Å². The molecule has 3 rings (SSSR count). The maximum atomic E-state index is 6.58. The van der Waals surface area contributed by atoms with Gasteiger partial charge in [0.15, 0.2) is 0 Å². The van der Waals surface area contributed by atoms with Crippen molar-refractivity contribution in [2.45, 2.75) is 59.4 Å². The van der Waals surface area contributed by atoms with E-state index in [0.29, 0.717) is 16.7 Å². The molecule has 104 valence electrons. The van der Waals surface area contributed by atoms with Crippen molar-refractivity contribution in [2.75, 3.05) is 0 Å². The Bertz CT molecular complexity index is 484. The summed E-state index contributed by atoms with van der Waals surface area (Å²) in [5, 5.41) is 0. The molecule has 1 saturated carbocycles. The summed E-state index contributed by atoms with van der Waals surface area (Å²) in [5.41, 5.74) is 11.8. The van der Waals surface area contributed by atoms with E-state index >= 15 is 0 Å². The predicted molar refractivity (Wildman–Crippen MR) is 81.1 cm³/mol. The summed E-state index contributed by atoms with van der Waals surface area (Å²) < 4.78 is 0. The topological polar surface area (TPSA) is 26.0 Å². The van der Waals surface area contributed by atoms with E-state index in [9.17, 15) is 0 Å². The normalized spacial score (nSPS) is 25.7. The minimum atomic E-state index is 0.192. The van der Waals surface area contributed by atoms with Crippen LogP contribution in [0.4, 0.5) is 0 Å². The molecule has 0 aromatic heterocycles. The van der Waals surface area contributed by atoms with Gasteiger partial charge < -0.3 is 5.73 Å². The summed E-state index contributed by atoms with van der Waals surface area (Å²) in [6.07, 6.45) is 5.19. The molecule has 1 unspecified atom stereocenters. The zero-order chi connectivity index (χ0) is 13.8. The van der Waals surface area contributed by atoms with Crippen LogP contribution in [0.3, 0.4) is 0 Å². The van der Waals surface area contributed by atoms with Gasteiger partial charge in [-0.2, -0.15) is 0 Å². The van der Waals surface area contributed by atoms with Gasteiger partial charge in [-0.05, 0) is 59.1 Å². The lowest BCUT2D eigenvalue weighted by Gasteiger charge is -2.20. The Morgan fingerprint density at radius 3 is 2.16 bits per heavy atom. The average Bonchev–Trinajstić information content (AvgIpc) is 2.78. The van der Waals surface area contributed by atoms with Crippen LogP contribution in [-0.2, 0) is 12.8 Å². The van der Waals surface area contributed by atoms with Crippen molar-refractivity contribution in [3.63, 3.8) is 0 Å². The molecule has 1 heteroatoms. The molecular formula is C18H27N. The number of rotatable bonds is 2. The first kappa shape index (κ1) is 13.2. The number of hydrogen-bond donors (Lipinski definition) is 1. The Kier molecular flexibility index (Phi) is 2.83. The van der Waals surface area contributed by atoms with E-state index in [-0.39, 0.29) is 6.04 Å². The molecule has 0 amide bonds. The third-order valence-corrected chi connectivity index (χ3v) is 6.25. The molecule has 2 aliphatic carbocycles. The Morgan fingerprint density at radius 2 is 1.58 bits per heavy atom. The molecule has 1 atom stereocenters. The SMILES string of the molecule is CC1(C)C(C(N)c2ccc3c(c2)CCCC3)C1(C)C. The number of benzene rings is 1. The van der Waals surface area contributed by atoms with Crippen LogP contribution in [-0.4, -0.2) is 0 Å². The van der Waals surface area contributed by atoms with Crippen LogP contribution in [0.5, 0.6) is 0 Å². The fourth-order valence-corrected chi connectivity index (χ4v) is 4.30. The summed E-state index contributed by atoms with van der Waals surface area (Å²) in [7, 11) is 0. The molecule has 0 bridgehead atoms. The molecule has 0 spiro atoms. The van der Waals surface area contributed by atoms with Gasteiger partial charge in [-0.25, -0.2) is 0 Å². The van der Waals surface area contributed by atoms with Crippen LogP contribution in [0.25, 0.3) is 0 Å². The van der Waals surface area contributed by atoms with Gasteiger partial charge in [0.1, 0.15) is 0 Å². The van der Waals surface area contributed by atoms with E-state index in [2.05, 4.69) is 45.9 Å². The molecule has 0 radical (unpaired) electrons. The van der Waals surface area contributed by atoms with Crippen molar-refractivity contribution >= 4 is 0 Å². The Morgan fingerprint density at radius 1 is 1.00 bits per heavy atom. The minimum absolute atomic E-state index is 0.192. The summed E-state index contributed by atoms with van der Waals surface area (Å²) in [6, 6.07) is 7.19. The van der Waals surface area contributed by atoms with Crippen molar-refractivity contribution in [2.24, 2.45) is 22.5 Å². The molecule has 2 N–H and O–H groups in total. The fourth-order valence-electron chi connectivity index (χ4n) is 4.30. The lowest BCUT2D eigenvalue weighted by Crippen LogP contribution is -2.17. The summed E-state index contributed by atoms with van der Waals surface area (Å²) in [4.78, 5) is 0. The molecular weight excluding hydrogens is 230 g/mol. The molecule has 19 heavy (non-hydrogen) atoms. The quantitative estimate of drug-likeness (QED) is 0.842. The minimum Gasteiger partial charge on any atom is -0.324 e. The van der Waals surface area contributed by atoms with Gasteiger partial charge in [0, 0.05) is 6.04 Å². The lowest BCUT2D eigenvalue weighted by molar-refractivity contribution is 0.457. The first-order valence-corrected chi connectivity index (χ1v) is 7.73. The molecule has 1 aromatic carbocycles. The van der Waals surface area contributed by atoms with Crippen molar-refractivity contribution in [3.05, 3.63) is 34.9 Å². The van der Waals surface area contributed by atoms with E-state index in [1.807, 2.05) is 0 Å². The first-order valence-electron chi connectivity index (χ1n) is 7.73. The Hall–Kier alpha value is -0.820. The number of hydrogen-bond acceptors (Lipinski definition) is 1. The van der Waals surface area contributed by atoms with Gasteiger partial charge in [0.05, 0.1) is 0 Å². The van der Waals surface area contributed by atoms with Crippen LogP contribution in [0.15, 0.2) is 18.2 Å². The van der Waals surface area contributed by atoms with E-state index < -0.39 is 0 Å². The molecule has 1 fully saturated rings. The standard InChI is InChI=1S/C18H27N/c1-17(2)16(18(17,3)4)15(19)14-10-9-12-7-5-6-8-13(12)11-14/h9-11,15-16H,5-8,19H2,1-4H3. The van der Waals surface area contributed by atoms with Crippen LogP contribution in [0.2, 0.25) is 0 Å². The highest BCUT2D eigenvalue weighted by Crippen LogP contribution is 2.71. The lowest BCUT2D eigenvalue weighted by atomic mass is 9.87. The van der Waals surface area contributed by atoms with Crippen LogP contribution in [0.1, 0.15) is 63.3 Å². The maximum Gasteiger partial charge on any atom is 0.0334 e. The van der Waals surface area contributed by atoms with Gasteiger partial charge in [-0.3, -0.25) is 0 Å². The van der Waals surface area contributed by atoms with Crippen molar-refractivity contribution < 1.29 is 0 Å². The van der Waals surface area contributed by atoms with Gasteiger partial charge in [0.25, 0.3) is 0 Å². The van der Waals surface area contributed by atoms with Crippen LogP contribution in [0, 0.1) is 16.7 Å². The Balaban J connectivity index is 1.87. The van der Waals surface area contributed by atoms with Gasteiger partial charge >= 0.3 is 0 Å². The fraction of sp³-hybridized carbons (Fsp3) is 0.667. The van der Waals surface area contributed by atoms with E-state index in [0.717, 1.165) is 0 Å². The molecule has 1 nitrogen and oxygen atoms in total. The maximum absolute atomic E-state index is 6.58. The largest absolute Gasteiger partial charge is 0.324 e. The molecule has 2 aliphatic rings. The highest BCUT2D eigenvalue weighted by Gasteiger charge is 2.66. The molecule has 0 aliphatic heterocycles. The van der Waals surface area contributed by atoms with E-state index in [4.69, 9.17) is 5.73 Å². The highest BCUT2D eigenvalue weighted by atomic mass is 14.8. The zero-order valence-corrected chi connectivity index (χ0v) is 12.8. The zero-order valence-electron chi connectivity index (χ0n) is 12.8. The van der Waals surface area contributed by atoms with Crippen molar-refractivity contribution in [3.8, 4) is 0 Å². The third-order valence-electron chi connectivity index (χ3n) is 6.25. The van der Waals surface area contributed by atoms with E-state index in [1.54, 1.807) is 11.1 Å². The summed E-state index contributed by atoms with van der Waals surface area (Å²) >= 11 is 0. The molecule has 0 saturated heterocycles. The second-order valence-corrected chi connectivity index (χ2v) is 7.68. The predicted octanol–water partition coefficient (Wildman–Crippen LogP) is 4.25. The van der Waals surface area contributed by atoms with Crippen LogP contribution < -0.4 is 5.73 Å². The molecule has 0 heterocycles. The second kappa shape index (κ2) is 4.09. The van der Waals surface area contributed by atoms with Gasteiger partial charge in [0.2, 0.25) is 0 Å². The third kappa shape index (κ3) is 1.86. The van der Waals surface area contributed by atoms with E-state index in [1.165, 1.54) is 31.2 Å². The van der Waals surface area contributed by atoms with Crippen LogP contribution >= 0.6 is 0 Å². The summed E-state index contributed by atoms with van der Waals surface area (Å²) in [6.45, 7) is 9.43. The molecule has 1 aromatic rings. The average molecular weight is 257 g/mol. The van der Waals surface area contributed by atoms with Gasteiger partial charge in [-0.1, -0.05) is 45.9 Å². The summed E-state index contributed by atoms with van der Waals surface area (Å²) in [5.74, 6) is 0.599. The van der Waals surface area contributed by atoms with Gasteiger partial charge in [-0.15, -0.1) is 0 Å². The number of nitrogens with two attached hydrogens (primary N) is 1. The number of aryl methyl sites for hydroxylation is 2. The second-order valence-electron chi connectivity index (χ2n) is 7.68. The highest BCUT2D eigenvalue weighted by molar-refractivity contribution is 5.37. The Labute approximate surface area is 117 Å².